The van der Waals surface area contributed by atoms with Crippen molar-refractivity contribution in [1.82, 2.24) is 5.32 Å². The van der Waals surface area contributed by atoms with E-state index in [0.717, 1.165) is 24.6 Å². The number of thioether (sulfide) groups is 1. The van der Waals surface area contributed by atoms with Crippen molar-refractivity contribution in [2.75, 3.05) is 24.6 Å². The smallest absolute Gasteiger partial charge is 0.122 e. The summed E-state index contributed by atoms with van der Waals surface area (Å²) < 4.78 is 6.29. The Balaban J connectivity index is 1.63. The molecule has 2 heterocycles. The largest absolute Gasteiger partial charge is 0.490 e. The Morgan fingerprint density at radius 2 is 2.00 bits per heavy atom. The maximum absolute atomic E-state index is 6.29. The number of piperidine rings is 1. The van der Waals surface area contributed by atoms with Gasteiger partial charge in [0.15, 0.2) is 0 Å². The van der Waals surface area contributed by atoms with Crippen LogP contribution >= 0.6 is 11.8 Å². The molecule has 2 saturated heterocycles. The molecule has 1 atom stereocenters. The van der Waals surface area contributed by atoms with E-state index in [-0.39, 0.29) is 0 Å². The van der Waals surface area contributed by atoms with Crippen LogP contribution in [0.5, 0.6) is 5.75 Å². The number of nitrogens with one attached hydrogen (secondary N) is 1. The molecule has 2 aliphatic heterocycles. The van der Waals surface area contributed by atoms with Gasteiger partial charge in [0.2, 0.25) is 0 Å². The molecule has 0 bridgehead atoms. The van der Waals surface area contributed by atoms with Gasteiger partial charge in [-0.05, 0) is 74.2 Å². The van der Waals surface area contributed by atoms with Crippen molar-refractivity contribution in [3.8, 4) is 5.75 Å². The van der Waals surface area contributed by atoms with E-state index in [1.807, 2.05) is 0 Å². The molecule has 0 aromatic heterocycles. The number of ether oxygens (including phenoxy) is 1. The summed E-state index contributed by atoms with van der Waals surface area (Å²) in [4.78, 5) is 0. The first-order chi connectivity index (χ1) is 9.92. The van der Waals surface area contributed by atoms with Gasteiger partial charge in [0.05, 0.1) is 0 Å². The second kappa shape index (κ2) is 7.37. The molecular formula is C17H25NOS. The molecule has 0 radical (unpaired) electrons. The predicted molar refractivity (Wildman–Crippen MR) is 86.7 cm³/mol. The van der Waals surface area contributed by atoms with Gasteiger partial charge in [0.1, 0.15) is 11.9 Å². The van der Waals surface area contributed by atoms with Crippen LogP contribution < -0.4 is 10.1 Å². The third-order valence-electron chi connectivity index (χ3n) is 4.34. The Hall–Kier alpha value is -0.670. The SMILES string of the molecule is c1ccc(OC2CCSCC2)c(CC2CCCNC2)c1. The summed E-state index contributed by atoms with van der Waals surface area (Å²) in [5, 5.41) is 3.51. The summed E-state index contributed by atoms with van der Waals surface area (Å²) >= 11 is 2.05. The van der Waals surface area contributed by atoms with Crippen LogP contribution in [0.1, 0.15) is 31.2 Å². The van der Waals surface area contributed by atoms with Gasteiger partial charge < -0.3 is 10.1 Å². The molecule has 2 aliphatic rings. The summed E-state index contributed by atoms with van der Waals surface area (Å²) in [6.45, 7) is 2.35. The fourth-order valence-corrected chi connectivity index (χ4v) is 4.23. The van der Waals surface area contributed by atoms with Crippen LogP contribution in [0.3, 0.4) is 0 Å². The van der Waals surface area contributed by atoms with Crippen LogP contribution in [-0.2, 0) is 6.42 Å². The van der Waals surface area contributed by atoms with E-state index in [9.17, 15) is 0 Å². The third kappa shape index (κ3) is 3.92. The topological polar surface area (TPSA) is 21.3 Å². The normalized spacial score (nSPS) is 24.5. The van der Waals surface area contributed by atoms with E-state index < -0.39 is 0 Å². The lowest BCUT2D eigenvalue weighted by Crippen LogP contribution is -2.31. The summed E-state index contributed by atoms with van der Waals surface area (Å²) in [6.07, 6.45) is 6.65. The Bertz CT molecular complexity index is 372. The van der Waals surface area contributed by atoms with E-state index in [2.05, 4.69) is 41.3 Å². The molecule has 110 valence electrons. The van der Waals surface area contributed by atoms with E-state index >= 15 is 0 Å². The van der Waals surface area contributed by atoms with Crippen LogP contribution in [0.2, 0.25) is 0 Å². The van der Waals surface area contributed by atoms with Crippen molar-refractivity contribution in [3.05, 3.63) is 29.8 Å². The molecule has 0 saturated carbocycles. The highest BCUT2D eigenvalue weighted by molar-refractivity contribution is 7.99. The molecule has 3 heteroatoms. The fraction of sp³-hybridized carbons (Fsp3) is 0.647. The zero-order valence-electron chi connectivity index (χ0n) is 12.1. The maximum Gasteiger partial charge on any atom is 0.122 e. The monoisotopic (exact) mass is 291 g/mol. The fourth-order valence-electron chi connectivity index (χ4n) is 3.17. The Morgan fingerprint density at radius 1 is 1.15 bits per heavy atom. The molecule has 2 fully saturated rings. The molecular weight excluding hydrogens is 266 g/mol. The lowest BCUT2D eigenvalue weighted by molar-refractivity contribution is 0.189. The van der Waals surface area contributed by atoms with Gasteiger partial charge in [-0.15, -0.1) is 0 Å². The second-order valence-electron chi connectivity index (χ2n) is 5.95. The van der Waals surface area contributed by atoms with Crippen molar-refractivity contribution in [1.29, 1.82) is 0 Å². The molecule has 0 spiro atoms. The average molecular weight is 291 g/mol. The number of hydrogen-bond donors (Lipinski definition) is 1. The first-order valence-electron chi connectivity index (χ1n) is 7.95. The minimum atomic E-state index is 0.432. The minimum Gasteiger partial charge on any atom is -0.490 e. The Kier molecular flexibility index (Phi) is 5.26. The molecule has 1 aromatic carbocycles. The quantitative estimate of drug-likeness (QED) is 0.917. The zero-order valence-corrected chi connectivity index (χ0v) is 13.0. The number of hydrogen-bond acceptors (Lipinski definition) is 3. The van der Waals surface area contributed by atoms with Gasteiger partial charge in [-0.1, -0.05) is 18.2 Å². The maximum atomic E-state index is 6.29. The summed E-state index contributed by atoms with van der Waals surface area (Å²) in [5.74, 6) is 4.41. The van der Waals surface area contributed by atoms with E-state index in [1.165, 1.54) is 49.3 Å². The van der Waals surface area contributed by atoms with E-state index in [0.29, 0.717) is 6.10 Å². The average Bonchev–Trinajstić information content (AvgIpc) is 2.51. The van der Waals surface area contributed by atoms with Crippen LogP contribution in [0, 0.1) is 5.92 Å². The standard InChI is InChI=1S/C17H25NOS/c1-2-6-17(19-16-7-10-20-11-8-16)15(5-1)12-14-4-3-9-18-13-14/h1-2,5-6,14,16,18H,3-4,7-13H2. The first-order valence-corrected chi connectivity index (χ1v) is 9.10. The zero-order chi connectivity index (χ0) is 13.6. The van der Waals surface area contributed by atoms with Gasteiger partial charge in [0.25, 0.3) is 0 Å². The van der Waals surface area contributed by atoms with Gasteiger partial charge in [-0.3, -0.25) is 0 Å². The van der Waals surface area contributed by atoms with Crippen molar-refractivity contribution in [2.24, 2.45) is 5.92 Å². The van der Waals surface area contributed by atoms with Crippen molar-refractivity contribution in [3.63, 3.8) is 0 Å². The first kappa shape index (κ1) is 14.3. The molecule has 3 rings (SSSR count). The van der Waals surface area contributed by atoms with E-state index in [4.69, 9.17) is 4.74 Å². The van der Waals surface area contributed by atoms with Gasteiger partial charge in [-0.2, -0.15) is 11.8 Å². The summed E-state index contributed by atoms with van der Waals surface area (Å²) in [5.41, 5.74) is 1.40. The Labute approximate surface area is 126 Å². The number of benzene rings is 1. The van der Waals surface area contributed by atoms with Crippen molar-refractivity contribution < 1.29 is 4.74 Å². The van der Waals surface area contributed by atoms with E-state index in [1.54, 1.807) is 0 Å². The van der Waals surface area contributed by atoms with Crippen LogP contribution in [-0.4, -0.2) is 30.7 Å². The lowest BCUT2D eigenvalue weighted by Gasteiger charge is -2.26. The summed E-state index contributed by atoms with van der Waals surface area (Å²) in [6, 6.07) is 8.67. The second-order valence-corrected chi connectivity index (χ2v) is 7.18. The minimum absolute atomic E-state index is 0.432. The van der Waals surface area contributed by atoms with Gasteiger partial charge in [-0.25, -0.2) is 0 Å². The van der Waals surface area contributed by atoms with Crippen LogP contribution in [0.15, 0.2) is 24.3 Å². The molecule has 20 heavy (non-hydrogen) atoms. The molecule has 2 nitrogen and oxygen atoms in total. The van der Waals surface area contributed by atoms with Gasteiger partial charge in [0, 0.05) is 0 Å². The molecule has 1 N–H and O–H groups in total. The highest BCUT2D eigenvalue weighted by Gasteiger charge is 2.19. The number of rotatable bonds is 4. The predicted octanol–water partition coefficient (Wildman–Crippen LogP) is 3.50. The van der Waals surface area contributed by atoms with Crippen LogP contribution in [0.4, 0.5) is 0 Å². The van der Waals surface area contributed by atoms with Crippen molar-refractivity contribution >= 4 is 11.8 Å². The highest BCUT2D eigenvalue weighted by atomic mass is 32.2. The molecule has 0 aliphatic carbocycles. The van der Waals surface area contributed by atoms with Crippen LogP contribution in [0.25, 0.3) is 0 Å². The lowest BCUT2D eigenvalue weighted by atomic mass is 9.92. The molecule has 0 amide bonds. The Morgan fingerprint density at radius 3 is 2.80 bits per heavy atom. The summed E-state index contributed by atoms with van der Waals surface area (Å²) in [7, 11) is 0. The van der Waals surface area contributed by atoms with Crippen molar-refractivity contribution in [2.45, 2.75) is 38.2 Å². The highest BCUT2D eigenvalue weighted by Crippen LogP contribution is 2.28. The van der Waals surface area contributed by atoms with Gasteiger partial charge >= 0.3 is 0 Å². The third-order valence-corrected chi connectivity index (χ3v) is 5.39. The molecule has 1 aromatic rings. The molecule has 1 unspecified atom stereocenters. The number of para-hydroxylation sites is 1.